The minimum absolute atomic E-state index is 0.0648. The first-order valence-electron chi connectivity index (χ1n) is 8.48. The minimum atomic E-state index is -0.397. The molecule has 1 fully saturated rings. The van der Waals surface area contributed by atoms with Crippen LogP contribution in [0.1, 0.15) is 46.1 Å². The number of nitrogens with one attached hydrogen (secondary N) is 1. The number of carbonyl (C=O) groups is 2. The lowest BCUT2D eigenvalue weighted by Crippen LogP contribution is -2.53. The number of nitrogens with zero attached hydrogens (tertiary/aromatic N) is 1. The quantitative estimate of drug-likeness (QED) is 0.908. The van der Waals surface area contributed by atoms with Crippen molar-refractivity contribution in [1.82, 2.24) is 10.2 Å². The van der Waals surface area contributed by atoms with Crippen molar-refractivity contribution < 1.29 is 9.59 Å². The summed E-state index contributed by atoms with van der Waals surface area (Å²) in [5, 5.41) is 2.97. The van der Waals surface area contributed by atoms with Crippen molar-refractivity contribution in [2.45, 2.75) is 58.0 Å². The molecule has 1 N–H and O–H groups in total. The number of piperidine rings is 1. The van der Waals surface area contributed by atoms with Crippen LogP contribution in [0.25, 0.3) is 0 Å². The van der Waals surface area contributed by atoms with Crippen LogP contribution < -0.4 is 5.32 Å². The van der Waals surface area contributed by atoms with E-state index in [0.29, 0.717) is 0 Å². The van der Waals surface area contributed by atoms with E-state index in [1.165, 1.54) is 0 Å². The van der Waals surface area contributed by atoms with Gasteiger partial charge in [0.2, 0.25) is 5.91 Å². The highest BCUT2D eigenvalue weighted by atomic mass is 16.2. The summed E-state index contributed by atoms with van der Waals surface area (Å²) < 4.78 is 0. The van der Waals surface area contributed by atoms with Crippen LogP contribution in [0.2, 0.25) is 0 Å². The molecule has 23 heavy (non-hydrogen) atoms. The number of ketones is 1. The number of carbonyl (C=O) groups excluding carboxylic acids is 2. The molecule has 4 heteroatoms. The normalized spacial score (nSPS) is 19.3. The van der Waals surface area contributed by atoms with Gasteiger partial charge in [-0.25, -0.2) is 0 Å². The number of benzene rings is 1. The molecule has 1 aliphatic rings. The Morgan fingerprint density at radius 1 is 1.09 bits per heavy atom. The largest absolute Gasteiger partial charge is 0.353 e. The molecule has 0 spiro atoms. The van der Waals surface area contributed by atoms with Gasteiger partial charge in [0, 0.05) is 19.1 Å². The fourth-order valence-electron chi connectivity index (χ4n) is 3.47. The third-order valence-corrected chi connectivity index (χ3v) is 5.01. The van der Waals surface area contributed by atoms with Crippen molar-refractivity contribution in [3.8, 4) is 0 Å². The SMILES string of the molecule is CC(=O)C1(c2ccccc2)CCN(C(C)C(=O)NC(C)C)CC1. The standard InChI is InChI=1S/C19H28N2O2/c1-14(2)20-18(23)15(3)21-12-10-19(11-13-21,16(4)22)17-8-6-5-7-9-17/h5-9,14-15H,10-13H2,1-4H3,(H,20,23). The van der Waals surface area contributed by atoms with Crippen molar-refractivity contribution in [3.63, 3.8) is 0 Å². The predicted octanol–water partition coefficient (Wildman–Crippen LogP) is 2.52. The first-order valence-corrected chi connectivity index (χ1v) is 8.48. The van der Waals surface area contributed by atoms with Gasteiger partial charge in [-0.2, -0.15) is 0 Å². The van der Waals surface area contributed by atoms with Gasteiger partial charge in [-0.05, 0) is 46.1 Å². The van der Waals surface area contributed by atoms with E-state index in [-0.39, 0.29) is 23.8 Å². The lowest BCUT2D eigenvalue weighted by molar-refractivity contribution is -0.128. The fourth-order valence-corrected chi connectivity index (χ4v) is 3.47. The molecule has 0 bridgehead atoms. The molecule has 1 saturated heterocycles. The van der Waals surface area contributed by atoms with Gasteiger partial charge in [0.25, 0.3) is 0 Å². The lowest BCUT2D eigenvalue weighted by atomic mass is 9.70. The lowest BCUT2D eigenvalue weighted by Gasteiger charge is -2.42. The zero-order valence-corrected chi connectivity index (χ0v) is 14.6. The van der Waals surface area contributed by atoms with Crippen molar-refractivity contribution in [2.24, 2.45) is 0 Å². The zero-order valence-electron chi connectivity index (χ0n) is 14.6. The van der Waals surface area contributed by atoms with E-state index >= 15 is 0 Å². The highest BCUT2D eigenvalue weighted by molar-refractivity contribution is 5.88. The molecule has 1 heterocycles. The molecule has 1 aromatic carbocycles. The summed E-state index contributed by atoms with van der Waals surface area (Å²) in [6, 6.07) is 10.0. The van der Waals surface area contributed by atoms with Crippen LogP contribution >= 0.6 is 0 Å². The summed E-state index contributed by atoms with van der Waals surface area (Å²) in [4.78, 5) is 26.8. The number of likely N-dealkylation sites (tertiary alicyclic amines) is 1. The maximum atomic E-state index is 12.4. The van der Waals surface area contributed by atoms with Crippen molar-refractivity contribution in [1.29, 1.82) is 0 Å². The van der Waals surface area contributed by atoms with E-state index in [4.69, 9.17) is 0 Å². The maximum Gasteiger partial charge on any atom is 0.237 e. The van der Waals surface area contributed by atoms with E-state index < -0.39 is 5.41 Å². The van der Waals surface area contributed by atoms with Crippen LogP contribution in [0.4, 0.5) is 0 Å². The number of amides is 1. The van der Waals surface area contributed by atoms with Crippen LogP contribution in [0, 0.1) is 0 Å². The van der Waals surface area contributed by atoms with Gasteiger partial charge >= 0.3 is 0 Å². The molecule has 0 saturated carbocycles. The summed E-state index contributed by atoms with van der Waals surface area (Å²) >= 11 is 0. The molecule has 1 aliphatic heterocycles. The predicted molar refractivity (Wildman–Crippen MR) is 92.3 cm³/mol. The zero-order chi connectivity index (χ0) is 17.0. The first kappa shape index (κ1) is 17.7. The number of hydrogen-bond acceptors (Lipinski definition) is 3. The summed E-state index contributed by atoms with van der Waals surface area (Å²) in [5.74, 6) is 0.290. The second-order valence-electron chi connectivity index (χ2n) is 6.88. The molecule has 1 unspecified atom stereocenters. The van der Waals surface area contributed by atoms with Gasteiger partial charge in [-0.3, -0.25) is 14.5 Å². The van der Waals surface area contributed by atoms with Crippen molar-refractivity contribution in [2.75, 3.05) is 13.1 Å². The monoisotopic (exact) mass is 316 g/mol. The summed E-state index contributed by atoms with van der Waals surface area (Å²) in [5.41, 5.74) is 0.706. The maximum absolute atomic E-state index is 12.4. The van der Waals surface area contributed by atoms with Gasteiger partial charge in [0.05, 0.1) is 11.5 Å². The summed E-state index contributed by atoms with van der Waals surface area (Å²) in [6.07, 6.45) is 1.54. The Labute approximate surface area is 139 Å². The third-order valence-electron chi connectivity index (χ3n) is 5.01. The highest BCUT2D eigenvalue weighted by Gasteiger charge is 2.41. The Morgan fingerprint density at radius 2 is 1.65 bits per heavy atom. The molecule has 126 valence electrons. The first-order chi connectivity index (χ1) is 10.9. The third kappa shape index (κ3) is 3.81. The van der Waals surface area contributed by atoms with E-state index in [1.54, 1.807) is 6.92 Å². The van der Waals surface area contributed by atoms with Gasteiger partial charge in [-0.1, -0.05) is 30.3 Å². The smallest absolute Gasteiger partial charge is 0.237 e. The molecular weight excluding hydrogens is 288 g/mol. The van der Waals surface area contributed by atoms with E-state index in [0.717, 1.165) is 31.5 Å². The minimum Gasteiger partial charge on any atom is -0.353 e. The Hall–Kier alpha value is -1.68. The Bertz CT molecular complexity index is 546. The van der Waals surface area contributed by atoms with E-state index in [9.17, 15) is 9.59 Å². The van der Waals surface area contributed by atoms with Crippen molar-refractivity contribution in [3.05, 3.63) is 35.9 Å². The van der Waals surface area contributed by atoms with Gasteiger partial charge in [0.15, 0.2) is 0 Å². The molecule has 4 nitrogen and oxygen atoms in total. The Balaban J connectivity index is 2.09. The number of Topliss-reactive ketones (excluding diaryl/α,β-unsaturated/α-hetero) is 1. The number of hydrogen-bond donors (Lipinski definition) is 1. The molecule has 0 radical (unpaired) electrons. The molecule has 1 amide bonds. The van der Waals surface area contributed by atoms with Crippen LogP contribution in [-0.4, -0.2) is 41.8 Å². The van der Waals surface area contributed by atoms with Gasteiger partial charge < -0.3 is 5.32 Å². The van der Waals surface area contributed by atoms with Crippen LogP contribution in [0.3, 0.4) is 0 Å². The molecule has 2 rings (SSSR count). The highest BCUT2D eigenvalue weighted by Crippen LogP contribution is 2.36. The van der Waals surface area contributed by atoms with E-state index in [1.807, 2.05) is 51.1 Å². The molecule has 0 aliphatic carbocycles. The number of rotatable bonds is 5. The molecule has 1 aromatic rings. The average molecular weight is 316 g/mol. The Morgan fingerprint density at radius 3 is 2.13 bits per heavy atom. The second kappa shape index (κ2) is 7.26. The average Bonchev–Trinajstić information content (AvgIpc) is 2.54. The molecule has 0 aromatic heterocycles. The van der Waals surface area contributed by atoms with E-state index in [2.05, 4.69) is 10.2 Å². The van der Waals surface area contributed by atoms with Crippen LogP contribution in [0.15, 0.2) is 30.3 Å². The summed E-state index contributed by atoms with van der Waals surface area (Å²) in [7, 11) is 0. The molecular formula is C19H28N2O2. The summed E-state index contributed by atoms with van der Waals surface area (Å²) in [6.45, 7) is 9.11. The molecule has 1 atom stereocenters. The van der Waals surface area contributed by atoms with Crippen LogP contribution in [-0.2, 0) is 15.0 Å². The Kier molecular flexibility index (Phi) is 5.58. The topological polar surface area (TPSA) is 49.4 Å². The van der Waals surface area contributed by atoms with Crippen LogP contribution in [0.5, 0.6) is 0 Å². The fraction of sp³-hybridized carbons (Fsp3) is 0.579. The van der Waals surface area contributed by atoms with Gasteiger partial charge in [-0.15, -0.1) is 0 Å². The van der Waals surface area contributed by atoms with Crippen molar-refractivity contribution >= 4 is 11.7 Å². The second-order valence-corrected chi connectivity index (χ2v) is 6.88. The van der Waals surface area contributed by atoms with Gasteiger partial charge in [0.1, 0.15) is 5.78 Å².